The van der Waals surface area contributed by atoms with Gasteiger partial charge in [0, 0.05) is 39.3 Å². The summed E-state index contributed by atoms with van der Waals surface area (Å²) in [6.07, 6.45) is 3.45. The third-order valence-corrected chi connectivity index (χ3v) is 5.52. The average molecular weight is 373 g/mol. The highest BCUT2D eigenvalue weighted by Gasteiger charge is 2.28. The second-order valence-electron chi connectivity index (χ2n) is 7.34. The number of hydrogen-bond donors (Lipinski definition) is 0. The fourth-order valence-electron chi connectivity index (χ4n) is 3.96. The van der Waals surface area contributed by atoms with E-state index in [2.05, 4.69) is 4.90 Å². The van der Waals surface area contributed by atoms with E-state index in [4.69, 9.17) is 9.47 Å². The van der Waals surface area contributed by atoms with E-state index in [0.29, 0.717) is 49.9 Å². The summed E-state index contributed by atoms with van der Waals surface area (Å²) < 4.78 is 11.2. The molecule has 0 aliphatic carbocycles. The zero-order chi connectivity index (χ0) is 18.6. The summed E-state index contributed by atoms with van der Waals surface area (Å²) in [5, 5.41) is 0. The van der Waals surface area contributed by atoms with E-state index >= 15 is 0 Å². The Morgan fingerprint density at radius 3 is 2.37 bits per heavy atom. The maximum atomic E-state index is 12.9. The Kier molecular flexibility index (Phi) is 5.48. The normalized spacial score (nSPS) is 20.4. The molecule has 0 atom stereocenters. The van der Waals surface area contributed by atoms with E-state index in [-0.39, 0.29) is 11.8 Å². The minimum atomic E-state index is -0.0284. The third-order valence-electron chi connectivity index (χ3n) is 5.52. The van der Waals surface area contributed by atoms with Gasteiger partial charge in [-0.15, -0.1) is 0 Å². The van der Waals surface area contributed by atoms with Crippen LogP contribution < -0.4 is 9.47 Å². The van der Waals surface area contributed by atoms with Crippen molar-refractivity contribution in [1.82, 2.24) is 14.7 Å². The van der Waals surface area contributed by atoms with Crippen molar-refractivity contribution in [1.29, 1.82) is 0 Å². The molecule has 0 aromatic heterocycles. The van der Waals surface area contributed by atoms with Crippen LogP contribution in [0.5, 0.6) is 11.5 Å². The summed E-state index contributed by atoms with van der Waals surface area (Å²) in [5.74, 6) is 1.38. The van der Waals surface area contributed by atoms with Gasteiger partial charge in [-0.2, -0.15) is 0 Å². The molecule has 3 aliphatic heterocycles. The molecule has 0 radical (unpaired) electrons. The van der Waals surface area contributed by atoms with Crippen LogP contribution in [0.25, 0.3) is 0 Å². The van der Waals surface area contributed by atoms with Crippen LogP contribution in [-0.2, 0) is 4.79 Å². The van der Waals surface area contributed by atoms with E-state index in [0.717, 1.165) is 39.0 Å². The van der Waals surface area contributed by atoms with Crippen molar-refractivity contribution >= 4 is 11.8 Å². The molecule has 2 saturated heterocycles. The molecule has 27 heavy (non-hydrogen) atoms. The number of carbonyl (C=O) groups excluding carboxylic acids is 2. The van der Waals surface area contributed by atoms with Gasteiger partial charge >= 0.3 is 0 Å². The monoisotopic (exact) mass is 373 g/mol. The first-order valence-electron chi connectivity index (χ1n) is 9.90. The van der Waals surface area contributed by atoms with Crippen molar-refractivity contribution in [2.75, 3.05) is 59.0 Å². The molecule has 0 N–H and O–H groups in total. The Labute approximate surface area is 159 Å². The second-order valence-corrected chi connectivity index (χ2v) is 7.34. The van der Waals surface area contributed by atoms with Crippen LogP contribution in [0, 0.1) is 0 Å². The minimum Gasteiger partial charge on any atom is -0.486 e. The topological polar surface area (TPSA) is 62.3 Å². The summed E-state index contributed by atoms with van der Waals surface area (Å²) in [6.45, 7) is 5.89. The van der Waals surface area contributed by atoms with Gasteiger partial charge in [-0.1, -0.05) is 6.07 Å². The molecular formula is C20H27N3O4. The molecule has 0 bridgehead atoms. The molecule has 7 heteroatoms. The smallest absolute Gasteiger partial charge is 0.257 e. The van der Waals surface area contributed by atoms with Gasteiger partial charge in [0.1, 0.15) is 13.2 Å². The molecule has 3 heterocycles. The van der Waals surface area contributed by atoms with Crippen LogP contribution in [0.4, 0.5) is 0 Å². The third kappa shape index (κ3) is 4.03. The number of piperazine rings is 1. The average Bonchev–Trinajstić information content (AvgIpc) is 2.74. The van der Waals surface area contributed by atoms with Gasteiger partial charge < -0.3 is 19.3 Å². The van der Waals surface area contributed by atoms with Crippen LogP contribution >= 0.6 is 0 Å². The van der Waals surface area contributed by atoms with Crippen molar-refractivity contribution in [3.05, 3.63) is 23.8 Å². The summed E-state index contributed by atoms with van der Waals surface area (Å²) in [7, 11) is 0. The Bertz CT molecular complexity index is 694. The molecule has 0 unspecified atom stereocenters. The van der Waals surface area contributed by atoms with Crippen molar-refractivity contribution in [3.8, 4) is 11.5 Å². The predicted molar refractivity (Wildman–Crippen MR) is 100 cm³/mol. The fraction of sp³-hybridized carbons (Fsp3) is 0.600. The van der Waals surface area contributed by atoms with Crippen LogP contribution in [0.15, 0.2) is 18.2 Å². The van der Waals surface area contributed by atoms with Crippen LogP contribution in [0.1, 0.15) is 29.6 Å². The SMILES string of the molecule is O=C(CN1CCN(C(=O)c2cccc3c2OCCO3)CC1)N1CCCCC1. The number of carbonyl (C=O) groups is 2. The van der Waals surface area contributed by atoms with Gasteiger partial charge in [0.2, 0.25) is 5.91 Å². The number of nitrogens with zero attached hydrogens (tertiary/aromatic N) is 3. The zero-order valence-electron chi connectivity index (χ0n) is 15.7. The summed E-state index contributed by atoms with van der Waals surface area (Å²) in [5.41, 5.74) is 0.560. The van der Waals surface area contributed by atoms with Gasteiger partial charge in [0.25, 0.3) is 5.91 Å². The lowest BCUT2D eigenvalue weighted by Crippen LogP contribution is -2.52. The van der Waals surface area contributed by atoms with Crippen LogP contribution in [-0.4, -0.2) is 85.5 Å². The van der Waals surface area contributed by atoms with E-state index in [1.54, 1.807) is 6.07 Å². The lowest BCUT2D eigenvalue weighted by Gasteiger charge is -2.36. The Balaban J connectivity index is 1.33. The molecule has 3 aliphatic rings. The molecule has 2 fully saturated rings. The molecule has 1 aromatic rings. The van der Waals surface area contributed by atoms with Crippen molar-refractivity contribution in [2.24, 2.45) is 0 Å². The Morgan fingerprint density at radius 2 is 1.59 bits per heavy atom. The quantitative estimate of drug-likeness (QED) is 0.798. The first-order valence-corrected chi connectivity index (χ1v) is 9.90. The molecule has 146 valence electrons. The van der Waals surface area contributed by atoms with Gasteiger partial charge in [0.15, 0.2) is 11.5 Å². The summed E-state index contributed by atoms with van der Waals surface area (Å²) in [4.78, 5) is 31.4. The first-order chi connectivity index (χ1) is 13.2. The van der Waals surface area contributed by atoms with Gasteiger partial charge in [-0.25, -0.2) is 0 Å². The number of amides is 2. The highest BCUT2D eigenvalue weighted by atomic mass is 16.6. The molecular weight excluding hydrogens is 346 g/mol. The number of fused-ring (bicyclic) bond motifs is 1. The molecule has 0 spiro atoms. The number of benzene rings is 1. The number of rotatable bonds is 3. The number of ether oxygens (including phenoxy) is 2. The maximum Gasteiger partial charge on any atom is 0.257 e. The van der Waals surface area contributed by atoms with Gasteiger partial charge in [-0.05, 0) is 31.4 Å². The molecule has 4 rings (SSSR count). The fourth-order valence-corrected chi connectivity index (χ4v) is 3.96. The lowest BCUT2D eigenvalue weighted by molar-refractivity contribution is -0.133. The van der Waals surface area contributed by atoms with E-state index in [1.807, 2.05) is 21.9 Å². The lowest BCUT2D eigenvalue weighted by atomic mass is 10.1. The molecule has 7 nitrogen and oxygen atoms in total. The molecule has 0 saturated carbocycles. The number of piperidine rings is 1. The zero-order valence-corrected chi connectivity index (χ0v) is 15.7. The van der Waals surface area contributed by atoms with E-state index in [1.165, 1.54) is 6.42 Å². The second kappa shape index (κ2) is 8.17. The number of para-hydroxylation sites is 1. The van der Waals surface area contributed by atoms with Crippen molar-refractivity contribution < 1.29 is 19.1 Å². The number of hydrogen-bond acceptors (Lipinski definition) is 5. The largest absolute Gasteiger partial charge is 0.486 e. The van der Waals surface area contributed by atoms with E-state index in [9.17, 15) is 9.59 Å². The number of likely N-dealkylation sites (tertiary alicyclic amines) is 1. The standard InChI is InChI=1S/C20H27N3O4/c24-18(22-7-2-1-3-8-22)15-21-9-11-23(12-10-21)20(25)16-5-4-6-17-19(16)27-14-13-26-17/h4-6H,1-3,7-15H2. The molecule has 1 aromatic carbocycles. The predicted octanol–water partition coefficient (Wildman–Crippen LogP) is 1.23. The van der Waals surface area contributed by atoms with Crippen molar-refractivity contribution in [3.63, 3.8) is 0 Å². The minimum absolute atomic E-state index is 0.0284. The van der Waals surface area contributed by atoms with Crippen molar-refractivity contribution in [2.45, 2.75) is 19.3 Å². The van der Waals surface area contributed by atoms with Crippen LogP contribution in [0.3, 0.4) is 0 Å². The van der Waals surface area contributed by atoms with Crippen LogP contribution in [0.2, 0.25) is 0 Å². The van der Waals surface area contributed by atoms with Gasteiger partial charge in [0.05, 0.1) is 12.1 Å². The highest BCUT2D eigenvalue weighted by molar-refractivity contribution is 5.98. The Morgan fingerprint density at radius 1 is 0.852 bits per heavy atom. The van der Waals surface area contributed by atoms with Gasteiger partial charge in [-0.3, -0.25) is 14.5 Å². The summed E-state index contributed by atoms with van der Waals surface area (Å²) in [6, 6.07) is 5.45. The molecule has 2 amide bonds. The first kappa shape index (κ1) is 18.1. The van der Waals surface area contributed by atoms with E-state index < -0.39 is 0 Å². The summed E-state index contributed by atoms with van der Waals surface area (Å²) >= 11 is 0. The Hall–Kier alpha value is -2.28. The highest BCUT2D eigenvalue weighted by Crippen LogP contribution is 2.34. The maximum absolute atomic E-state index is 12.9.